The topological polar surface area (TPSA) is 78.2 Å². The summed E-state index contributed by atoms with van der Waals surface area (Å²) in [5, 5.41) is 11.1. The van der Waals surface area contributed by atoms with Crippen LogP contribution in [0.1, 0.15) is 11.1 Å². The number of nitro benzene ring substituents is 1. The predicted octanol–water partition coefficient (Wildman–Crippen LogP) is 4.21. The van der Waals surface area contributed by atoms with Crippen LogP contribution in [0.5, 0.6) is 11.6 Å². The molecule has 104 valence electrons. The normalized spacial score (nSPS) is 10.4. The predicted molar refractivity (Wildman–Crippen MR) is 77.4 cm³/mol. The second-order valence-electron chi connectivity index (χ2n) is 4.08. The lowest BCUT2D eigenvalue weighted by molar-refractivity contribution is -0.385. The molecule has 2 aromatic rings. The highest BCUT2D eigenvalue weighted by molar-refractivity contribution is 9.10. The van der Waals surface area contributed by atoms with E-state index in [1.165, 1.54) is 12.3 Å². The second kappa shape index (κ2) is 5.72. The lowest BCUT2D eigenvalue weighted by Gasteiger charge is -2.10. The fourth-order valence-electron chi connectivity index (χ4n) is 1.70. The van der Waals surface area contributed by atoms with Crippen LogP contribution in [0.3, 0.4) is 0 Å². The summed E-state index contributed by atoms with van der Waals surface area (Å²) < 4.78 is 6.00. The summed E-state index contributed by atoms with van der Waals surface area (Å²) in [6.07, 6.45) is 1.42. The maximum atomic E-state index is 11.1. The zero-order chi connectivity index (χ0) is 14.9. The number of hydrogen-bond acceptors (Lipinski definition) is 5. The van der Waals surface area contributed by atoms with E-state index < -0.39 is 4.92 Å². The van der Waals surface area contributed by atoms with Gasteiger partial charge in [-0.05, 0) is 52.5 Å². The van der Waals surface area contributed by atoms with Crippen LogP contribution < -0.4 is 4.74 Å². The first-order valence-electron chi connectivity index (χ1n) is 5.50. The molecule has 0 spiro atoms. The number of aromatic nitrogens is 2. The number of hydrogen-bond donors (Lipinski definition) is 0. The molecule has 0 fully saturated rings. The van der Waals surface area contributed by atoms with Crippen LogP contribution in [0.25, 0.3) is 0 Å². The van der Waals surface area contributed by atoms with Crippen molar-refractivity contribution in [2.45, 2.75) is 13.8 Å². The fraction of sp³-hybridized carbons (Fsp3) is 0.167. The van der Waals surface area contributed by atoms with Crippen molar-refractivity contribution in [1.29, 1.82) is 0 Å². The van der Waals surface area contributed by atoms with Crippen molar-refractivity contribution in [2.75, 3.05) is 0 Å². The van der Waals surface area contributed by atoms with Crippen molar-refractivity contribution in [3.63, 3.8) is 0 Å². The lowest BCUT2D eigenvalue weighted by Crippen LogP contribution is -1.99. The molecule has 0 aliphatic carbocycles. The highest BCUT2D eigenvalue weighted by atomic mass is 79.9. The van der Waals surface area contributed by atoms with Gasteiger partial charge < -0.3 is 4.74 Å². The molecular formula is C12H9BrClN3O3. The number of rotatable bonds is 3. The minimum absolute atomic E-state index is 0.00406. The Hall–Kier alpha value is -1.73. The van der Waals surface area contributed by atoms with Crippen molar-refractivity contribution in [3.8, 4) is 11.6 Å². The number of nitro groups is 1. The summed E-state index contributed by atoms with van der Waals surface area (Å²) in [6.45, 7) is 3.51. The molecule has 0 N–H and O–H groups in total. The van der Waals surface area contributed by atoms with Gasteiger partial charge in [-0.15, -0.1) is 0 Å². The Morgan fingerprint density at radius 3 is 2.75 bits per heavy atom. The van der Waals surface area contributed by atoms with Gasteiger partial charge in [-0.2, -0.15) is 4.98 Å². The van der Waals surface area contributed by atoms with Gasteiger partial charge in [0, 0.05) is 12.3 Å². The van der Waals surface area contributed by atoms with E-state index in [2.05, 4.69) is 25.9 Å². The Morgan fingerprint density at radius 2 is 2.10 bits per heavy atom. The smallest absolute Gasteiger partial charge is 0.312 e. The number of halogens is 2. The second-order valence-corrected chi connectivity index (χ2v) is 5.27. The quantitative estimate of drug-likeness (QED) is 0.466. The molecule has 0 aliphatic rings. The Kier molecular flexibility index (Phi) is 4.20. The number of ether oxygens (including phenoxy) is 1. The maximum absolute atomic E-state index is 11.1. The van der Waals surface area contributed by atoms with Crippen LogP contribution in [-0.2, 0) is 0 Å². The molecule has 0 saturated carbocycles. The van der Waals surface area contributed by atoms with E-state index in [4.69, 9.17) is 16.3 Å². The highest BCUT2D eigenvalue weighted by Gasteiger charge is 2.21. The molecular weight excluding hydrogens is 350 g/mol. The summed E-state index contributed by atoms with van der Waals surface area (Å²) in [6, 6.07) is 3.23. The van der Waals surface area contributed by atoms with Crippen molar-refractivity contribution in [1.82, 2.24) is 9.97 Å². The highest BCUT2D eigenvalue weighted by Crippen LogP contribution is 2.37. The Balaban J connectivity index is 2.53. The van der Waals surface area contributed by atoms with Gasteiger partial charge in [-0.25, -0.2) is 4.98 Å². The summed E-state index contributed by atoms with van der Waals surface area (Å²) in [5.74, 6) is 0.260. The largest absolute Gasteiger partial charge is 0.430 e. The molecule has 1 aromatic heterocycles. The first-order valence-corrected chi connectivity index (χ1v) is 6.67. The average Bonchev–Trinajstić information content (AvgIpc) is 2.36. The van der Waals surface area contributed by atoms with Gasteiger partial charge in [-0.3, -0.25) is 10.1 Å². The molecule has 0 amide bonds. The zero-order valence-corrected chi connectivity index (χ0v) is 12.9. The summed E-state index contributed by atoms with van der Waals surface area (Å²) in [4.78, 5) is 18.3. The van der Waals surface area contributed by atoms with Gasteiger partial charge in [0.15, 0.2) is 0 Å². The fourth-order valence-corrected chi connectivity index (χ4v) is 2.10. The van der Waals surface area contributed by atoms with E-state index in [0.717, 1.165) is 5.56 Å². The number of aryl methyl sites for hydroxylation is 2. The summed E-state index contributed by atoms with van der Waals surface area (Å²) in [5.41, 5.74) is 1.30. The monoisotopic (exact) mass is 357 g/mol. The third kappa shape index (κ3) is 3.05. The first kappa shape index (κ1) is 14.7. The van der Waals surface area contributed by atoms with Gasteiger partial charge in [0.1, 0.15) is 0 Å². The first-order chi connectivity index (χ1) is 9.38. The third-order valence-electron chi connectivity index (χ3n) is 2.48. The number of benzene rings is 1. The van der Waals surface area contributed by atoms with Crippen molar-refractivity contribution in [2.24, 2.45) is 0 Å². The van der Waals surface area contributed by atoms with E-state index in [1.807, 2.05) is 0 Å². The van der Waals surface area contributed by atoms with Crippen LogP contribution in [0, 0.1) is 24.0 Å². The van der Waals surface area contributed by atoms with Crippen molar-refractivity contribution >= 4 is 33.2 Å². The van der Waals surface area contributed by atoms with Crippen LogP contribution in [0.2, 0.25) is 5.28 Å². The molecule has 2 rings (SSSR count). The zero-order valence-electron chi connectivity index (χ0n) is 10.6. The minimum Gasteiger partial charge on any atom is -0.430 e. The van der Waals surface area contributed by atoms with E-state index in [-0.39, 0.29) is 22.6 Å². The molecule has 8 heteroatoms. The van der Waals surface area contributed by atoms with Crippen LogP contribution in [0.4, 0.5) is 5.69 Å². The lowest BCUT2D eigenvalue weighted by atomic mass is 10.1. The summed E-state index contributed by atoms with van der Waals surface area (Å²) in [7, 11) is 0. The van der Waals surface area contributed by atoms with Gasteiger partial charge in [0.05, 0.1) is 9.40 Å². The molecule has 0 unspecified atom stereocenters. The molecule has 0 aliphatic heterocycles. The average molecular weight is 359 g/mol. The van der Waals surface area contributed by atoms with Crippen LogP contribution >= 0.6 is 27.5 Å². The molecule has 0 bridgehead atoms. The van der Waals surface area contributed by atoms with Gasteiger partial charge in [0.2, 0.25) is 16.9 Å². The van der Waals surface area contributed by atoms with E-state index in [9.17, 15) is 10.1 Å². The van der Waals surface area contributed by atoms with Gasteiger partial charge in [-0.1, -0.05) is 6.07 Å². The standard InChI is InChI=1S/C12H9BrClN3O3/c1-6-3-7(2)10(9(4-6)17(18)19)20-11-8(13)5-15-12(14)16-11/h3-5H,1-2H3. The Labute approximate surface area is 128 Å². The molecule has 1 heterocycles. The Morgan fingerprint density at radius 1 is 1.40 bits per heavy atom. The van der Waals surface area contributed by atoms with Gasteiger partial charge in [0.25, 0.3) is 0 Å². The maximum Gasteiger partial charge on any atom is 0.312 e. The van der Waals surface area contributed by atoms with E-state index in [0.29, 0.717) is 10.0 Å². The SMILES string of the molecule is Cc1cc(C)c(Oc2nc(Cl)ncc2Br)c([N+](=O)[O-])c1. The number of nitrogens with zero attached hydrogens (tertiary/aromatic N) is 3. The molecule has 0 atom stereocenters. The van der Waals surface area contributed by atoms with Gasteiger partial charge >= 0.3 is 5.69 Å². The van der Waals surface area contributed by atoms with E-state index in [1.54, 1.807) is 19.9 Å². The molecule has 20 heavy (non-hydrogen) atoms. The van der Waals surface area contributed by atoms with Crippen LogP contribution in [-0.4, -0.2) is 14.9 Å². The summed E-state index contributed by atoms with van der Waals surface area (Å²) >= 11 is 8.90. The molecule has 0 radical (unpaired) electrons. The molecule has 1 aromatic carbocycles. The molecule has 0 saturated heterocycles. The third-order valence-corrected chi connectivity index (χ3v) is 3.20. The van der Waals surface area contributed by atoms with Crippen molar-refractivity contribution in [3.05, 3.63) is 49.3 Å². The Bertz CT molecular complexity index is 694. The van der Waals surface area contributed by atoms with Crippen LogP contribution in [0.15, 0.2) is 22.8 Å². The minimum atomic E-state index is -0.494. The van der Waals surface area contributed by atoms with Crippen molar-refractivity contribution < 1.29 is 9.66 Å². The molecule has 6 nitrogen and oxygen atoms in total. The van der Waals surface area contributed by atoms with E-state index >= 15 is 0 Å².